The molecule has 1 saturated carbocycles. The Kier molecular flexibility index (Phi) is 5.34. The molecule has 1 N–H and O–H groups in total. The van der Waals surface area contributed by atoms with Crippen LogP contribution < -0.4 is 0 Å². The van der Waals surface area contributed by atoms with Gasteiger partial charge in [0.1, 0.15) is 0 Å². The number of hydrogen-bond acceptors (Lipinski definition) is 2. The monoisotopic (exact) mass is 367 g/mol. The summed E-state index contributed by atoms with van der Waals surface area (Å²) in [5.41, 5.74) is 2.84. The molecular formula is C22H22ClNO2. The van der Waals surface area contributed by atoms with Crippen molar-refractivity contribution in [1.82, 2.24) is 0 Å². The highest BCUT2D eigenvalue weighted by molar-refractivity contribution is 6.21. The predicted molar refractivity (Wildman–Crippen MR) is 103 cm³/mol. The molecule has 0 radical (unpaired) electrons. The zero-order chi connectivity index (χ0) is 18.7. The Labute approximate surface area is 159 Å². The molecule has 0 saturated heterocycles. The van der Waals surface area contributed by atoms with Crippen molar-refractivity contribution < 1.29 is 9.90 Å². The predicted octanol–water partition coefficient (Wildman–Crippen LogP) is 5.39. The molecule has 0 aliphatic heterocycles. The molecule has 134 valence electrons. The SMILES string of the molecule is CCc1ccc(-c2ccc(C3C(Cl)CCCC3(C#N)C(=O)O)cc2)cc1. The number of carboxylic acid groups (broad SMARTS) is 1. The molecule has 3 rings (SSSR count). The van der Waals surface area contributed by atoms with Crippen LogP contribution in [0, 0.1) is 16.7 Å². The molecule has 4 heteroatoms. The lowest BCUT2D eigenvalue weighted by atomic mass is 9.64. The van der Waals surface area contributed by atoms with Crippen LogP contribution >= 0.6 is 11.6 Å². The molecule has 3 nitrogen and oxygen atoms in total. The highest BCUT2D eigenvalue weighted by Crippen LogP contribution is 2.49. The van der Waals surface area contributed by atoms with Crippen LogP contribution in [-0.2, 0) is 11.2 Å². The van der Waals surface area contributed by atoms with Crippen LogP contribution in [0.25, 0.3) is 11.1 Å². The minimum absolute atomic E-state index is 0.340. The second-order valence-electron chi connectivity index (χ2n) is 6.95. The maximum absolute atomic E-state index is 11.9. The fourth-order valence-electron chi connectivity index (χ4n) is 3.93. The van der Waals surface area contributed by atoms with Crippen molar-refractivity contribution in [1.29, 1.82) is 5.26 Å². The number of benzene rings is 2. The minimum atomic E-state index is -1.45. The quantitative estimate of drug-likeness (QED) is 0.737. The molecule has 0 aromatic heterocycles. The van der Waals surface area contributed by atoms with Gasteiger partial charge in [-0.1, -0.05) is 55.5 Å². The van der Waals surface area contributed by atoms with Crippen LogP contribution in [0.4, 0.5) is 0 Å². The summed E-state index contributed by atoms with van der Waals surface area (Å²) in [6, 6.07) is 18.3. The molecule has 0 bridgehead atoms. The molecule has 2 aromatic carbocycles. The number of carboxylic acids is 1. The Hall–Kier alpha value is -2.31. The molecule has 0 amide bonds. The molecule has 1 aliphatic carbocycles. The van der Waals surface area contributed by atoms with E-state index in [1.165, 1.54) is 5.56 Å². The maximum atomic E-state index is 11.9. The lowest BCUT2D eigenvalue weighted by molar-refractivity contribution is -0.148. The van der Waals surface area contributed by atoms with Crippen molar-refractivity contribution in [3.8, 4) is 17.2 Å². The van der Waals surface area contributed by atoms with Crippen molar-refractivity contribution in [3.05, 3.63) is 59.7 Å². The smallest absolute Gasteiger partial charge is 0.324 e. The van der Waals surface area contributed by atoms with Crippen molar-refractivity contribution in [2.24, 2.45) is 5.41 Å². The van der Waals surface area contributed by atoms with E-state index < -0.39 is 17.3 Å². The van der Waals surface area contributed by atoms with Crippen LogP contribution in [0.2, 0.25) is 0 Å². The van der Waals surface area contributed by atoms with Gasteiger partial charge in [-0.3, -0.25) is 4.79 Å². The van der Waals surface area contributed by atoms with E-state index in [0.29, 0.717) is 12.8 Å². The Bertz CT molecular complexity index is 823. The molecule has 3 atom stereocenters. The number of nitrogens with zero attached hydrogens (tertiary/aromatic N) is 1. The van der Waals surface area contributed by atoms with Gasteiger partial charge >= 0.3 is 5.97 Å². The van der Waals surface area contributed by atoms with Gasteiger partial charge in [-0.2, -0.15) is 5.26 Å². The molecule has 1 fully saturated rings. The number of hydrogen-bond donors (Lipinski definition) is 1. The third-order valence-electron chi connectivity index (χ3n) is 5.49. The first-order chi connectivity index (χ1) is 12.5. The Morgan fingerprint density at radius 3 is 2.27 bits per heavy atom. The summed E-state index contributed by atoms with van der Waals surface area (Å²) in [6.07, 6.45) is 2.73. The second kappa shape index (κ2) is 7.51. The lowest BCUT2D eigenvalue weighted by Crippen LogP contribution is -2.43. The number of rotatable bonds is 4. The summed E-state index contributed by atoms with van der Waals surface area (Å²) >= 11 is 6.50. The standard InChI is InChI=1S/C22H22ClNO2/c1-2-15-5-7-16(8-6-15)17-9-11-18(12-10-17)20-19(23)4-3-13-22(20,14-24)21(25)26/h5-12,19-20H,2-4,13H2,1H3,(H,25,26). The second-order valence-corrected chi connectivity index (χ2v) is 7.51. The summed E-state index contributed by atoms with van der Waals surface area (Å²) in [4.78, 5) is 11.9. The van der Waals surface area contributed by atoms with Gasteiger partial charge in [0, 0.05) is 11.3 Å². The van der Waals surface area contributed by atoms with E-state index in [-0.39, 0.29) is 5.38 Å². The first kappa shape index (κ1) is 18.5. The highest BCUT2D eigenvalue weighted by atomic mass is 35.5. The summed E-state index contributed by atoms with van der Waals surface area (Å²) in [5, 5.41) is 19.0. The van der Waals surface area contributed by atoms with Gasteiger partial charge in [0.05, 0.1) is 6.07 Å². The fourth-order valence-corrected chi connectivity index (χ4v) is 4.44. The van der Waals surface area contributed by atoms with Crippen LogP contribution in [0.3, 0.4) is 0 Å². The first-order valence-electron chi connectivity index (χ1n) is 9.00. The molecule has 1 aliphatic rings. The zero-order valence-electron chi connectivity index (χ0n) is 14.8. The zero-order valence-corrected chi connectivity index (χ0v) is 15.5. The first-order valence-corrected chi connectivity index (χ1v) is 9.43. The summed E-state index contributed by atoms with van der Waals surface area (Å²) < 4.78 is 0. The number of nitriles is 1. The molecule has 2 aromatic rings. The molecular weight excluding hydrogens is 346 g/mol. The van der Waals surface area contributed by atoms with Crippen LogP contribution in [-0.4, -0.2) is 16.5 Å². The van der Waals surface area contributed by atoms with E-state index >= 15 is 0 Å². The Morgan fingerprint density at radius 1 is 1.19 bits per heavy atom. The van der Waals surface area contributed by atoms with Crippen LogP contribution in [0.1, 0.15) is 43.2 Å². The van der Waals surface area contributed by atoms with Crippen molar-refractivity contribution in [2.45, 2.75) is 43.9 Å². The molecule has 0 heterocycles. The van der Waals surface area contributed by atoms with E-state index in [2.05, 4.69) is 37.3 Å². The minimum Gasteiger partial charge on any atom is -0.480 e. The topological polar surface area (TPSA) is 61.1 Å². The van der Waals surface area contributed by atoms with E-state index in [1.54, 1.807) is 0 Å². The van der Waals surface area contributed by atoms with E-state index in [0.717, 1.165) is 29.5 Å². The number of halogens is 1. The van der Waals surface area contributed by atoms with Gasteiger partial charge < -0.3 is 5.11 Å². The third kappa shape index (κ3) is 3.22. The highest BCUT2D eigenvalue weighted by Gasteiger charge is 2.52. The van der Waals surface area contributed by atoms with Crippen molar-refractivity contribution in [3.63, 3.8) is 0 Å². The fraction of sp³-hybridized carbons (Fsp3) is 0.364. The van der Waals surface area contributed by atoms with Gasteiger partial charge in [0.15, 0.2) is 5.41 Å². The summed E-state index contributed by atoms with van der Waals surface area (Å²) in [7, 11) is 0. The van der Waals surface area contributed by atoms with Gasteiger partial charge in [0.25, 0.3) is 0 Å². The molecule has 0 spiro atoms. The molecule has 26 heavy (non-hydrogen) atoms. The summed E-state index contributed by atoms with van der Waals surface area (Å²) in [5.74, 6) is -1.58. The van der Waals surface area contributed by atoms with Gasteiger partial charge in [-0.25, -0.2) is 0 Å². The lowest BCUT2D eigenvalue weighted by Gasteiger charge is -2.39. The van der Waals surface area contributed by atoms with Crippen LogP contribution in [0.15, 0.2) is 48.5 Å². The Balaban J connectivity index is 1.95. The number of aliphatic carboxylic acids is 1. The maximum Gasteiger partial charge on any atom is 0.324 e. The average molecular weight is 368 g/mol. The average Bonchev–Trinajstić information content (AvgIpc) is 2.67. The van der Waals surface area contributed by atoms with Gasteiger partial charge in [-0.05, 0) is 47.9 Å². The van der Waals surface area contributed by atoms with Gasteiger partial charge in [-0.15, -0.1) is 11.6 Å². The number of aryl methyl sites for hydroxylation is 1. The number of carbonyl (C=O) groups is 1. The van der Waals surface area contributed by atoms with E-state index in [4.69, 9.17) is 11.6 Å². The van der Waals surface area contributed by atoms with Crippen molar-refractivity contribution >= 4 is 17.6 Å². The molecule has 3 unspecified atom stereocenters. The van der Waals surface area contributed by atoms with Crippen LogP contribution in [0.5, 0.6) is 0 Å². The van der Waals surface area contributed by atoms with E-state index in [9.17, 15) is 15.2 Å². The third-order valence-corrected chi connectivity index (χ3v) is 5.96. The number of alkyl halides is 1. The largest absolute Gasteiger partial charge is 0.480 e. The Morgan fingerprint density at radius 2 is 1.77 bits per heavy atom. The normalized spacial score (nSPS) is 25.4. The van der Waals surface area contributed by atoms with Gasteiger partial charge in [0.2, 0.25) is 0 Å². The summed E-state index contributed by atoms with van der Waals surface area (Å²) in [6.45, 7) is 2.13. The van der Waals surface area contributed by atoms with E-state index in [1.807, 2.05) is 24.3 Å². The van der Waals surface area contributed by atoms with Crippen molar-refractivity contribution in [2.75, 3.05) is 0 Å².